The van der Waals surface area contributed by atoms with Gasteiger partial charge in [-0.3, -0.25) is 4.79 Å². The smallest absolute Gasteiger partial charge is 0.243 e. The van der Waals surface area contributed by atoms with Crippen molar-refractivity contribution in [3.63, 3.8) is 0 Å². The van der Waals surface area contributed by atoms with E-state index in [1.165, 1.54) is 5.56 Å². The van der Waals surface area contributed by atoms with Gasteiger partial charge < -0.3 is 10.6 Å². The van der Waals surface area contributed by atoms with Gasteiger partial charge in [-0.15, -0.1) is 12.4 Å². The van der Waals surface area contributed by atoms with E-state index in [2.05, 4.69) is 13.0 Å². The van der Waals surface area contributed by atoms with E-state index >= 15 is 0 Å². The zero-order chi connectivity index (χ0) is 11.7. The number of hydrogen-bond acceptors (Lipinski definition) is 2. The van der Waals surface area contributed by atoms with E-state index in [1.54, 1.807) is 6.92 Å². The molecule has 1 aromatic rings. The van der Waals surface area contributed by atoms with E-state index in [1.807, 2.05) is 23.1 Å². The van der Waals surface area contributed by atoms with E-state index in [-0.39, 0.29) is 18.3 Å². The number of anilines is 1. The summed E-state index contributed by atoms with van der Waals surface area (Å²) in [7, 11) is 0. The van der Waals surface area contributed by atoms with Crippen molar-refractivity contribution in [2.45, 2.75) is 26.3 Å². The van der Waals surface area contributed by atoms with Gasteiger partial charge in [-0.05, 0) is 30.9 Å². The molecule has 0 saturated carbocycles. The fourth-order valence-electron chi connectivity index (χ4n) is 2.25. The molecular formula is C13H19ClN2O. The Morgan fingerprint density at radius 2 is 2.12 bits per heavy atom. The normalized spacial score (nSPS) is 20.2. The third-order valence-corrected chi connectivity index (χ3v) is 3.00. The summed E-state index contributed by atoms with van der Waals surface area (Å²) in [5.74, 6) is 0.511. The first-order valence-corrected chi connectivity index (χ1v) is 5.74. The fraction of sp³-hybridized carbons (Fsp3) is 0.462. The molecule has 17 heavy (non-hydrogen) atoms. The van der Waals surface area contributed by atoms with Crippen LogP contribution < -0.4 is 10.6 Å². The number of nitrogens with two attached hydrogens (primary N) is 1. The van der Waals surface area contributed by atoms with Gasteiger partial charge in [0.05, 0.1) is 6.04 Å². The minimum absolute atomic E-state index is 0. The Labute approximate surface area is 108 Å². The summed E-state index contributed by atoms with van der Waals surface area (Å²) in [5, 5.41) is 0. The Balaban J connectivity index is 0.00000144. The van der Waals surface area contributed by atoms with Gasteiger partial charge in [-0.1, -0.05) is 25.1 Å². The lowest BCUT2D eigenvalue weighted by molar-refractivity contribution is -0.119. The number of hydrogen-bond donors (Lipinski definition) is 1. The third kappa shape index (κ3) is 2.79. The highest BCUT2D eigenvalue weighted by atomic mass is 35.5. The van der Waals surface area contributed by atoms with E-state index < -0.39 is 6.04 Å². The summed E-state index contributed by atoms with van der Waals surface area (Å²) in [4.78, 5) is 13.8. The van der Waals surface area contributed by atoms with E-state index in [0.29, 0.717) is 5.92 Å². The molecule has 0 spiro atoms. The van der Waals surface area contributed by atoms with E-state index in [0.717, 1.165) is 18.7 Å². The predicted molar refractivity (Wildman–Crippen MR) is 72.6 cm³/mol. The van der Waals surface area contributed by atoms with Crippen molar-refractivity contribution in [1.29, 1.82) is 0 Å². The second-order valence-corrected chi connectivity index (χ2v) is 4.68. The minimum Gasteiger partial charge on any atom is -0.320 e. The van der Waals surface area contributed by atoms with Gasteiger partial charge in [0.2, 0.25) is 5.91 Å². The average molecular weight is 255 g/mol. The number of fused-ring (bicyclic) bond motifs is 1. The Bertz CT molecular complexity index is 406. The van der Waals surface area contributed by atoms with Crippen LogP contribution in [0.5, 0.6) is 0 Å². The summed E-state index contributed by atoms with van der Waals surface area (Å²) in [5.41, 5.74) is 7.95. The maximum absolute atomic E-state index is 12.0. The van der Waals surface area contributed by atoms with Gasteiger partial charge in [-0.2, -0.15) is 0 Å². The van der Waals surface area contributed by atoms with Crippen LogP contribution in [-0.2, 0) is 11.2 Å². The maximum Gasteiger partial charge on any atom is 0.243 e. The molecule has 1 aliphatic rings. The number of benzene rings is 1. The van der Waals surface area contributed by atoms with Gasteiger partial charge in [0.1, 0.15) is 0 Å². The van der Waals surface area contributed by atoms with Crippen molar-refractivity contribution in [1.82, 2.24) is 0 Å². The zero-order valence-electron chi connectivity index (χ0n) is 10.2. The molecule has 1 unspecified atom stereocenters. The first-order chi connectivity index (χ1) is 7.59. The third-order valence-electron chi connectivity index (χ3n) is 3.00. The van der Waals surface area contributed by atoms with Crippen LogP contribution >= 0.6 is 12.4 Å². The molecule has 2 rings (SSSR count). The molecule has 0 bridgehead atoms. The lowest BCUT2D eigenvalue weighted by Gasteiger charge is -2.34. The Hall–Kier alpha value is -1.06. The van der Waals surface area contributed by atoms with E-state index in [4.69, 9.17) is 5.73 Å². The summed E-state index contributed by atoms with van der Waals surface area (Å²) in [6.07, 6.45) is 1.04. The summed E-state index contributed by atoms with van der Waals surface area (Å²) in [6, 6.07) is 7.65. The fourth-order valence-corrected chi connectivity index (χ4v) is 2.25. The molecule has 0 radical (unpaired) electrons. The second kappa shape index (κ2) is 5.52. The van der Waals surface area contributed by atoms with Gasteiger partial charge in [0, 0.05) is 12.2 Å². The van der Waals surface area contributed by atoms with Crippen LogP contribution in [0.15, 0.2) is 24.3 Å². The molecule has 1 heterocycles. The van der Waals surface area contributed by atoms with E-state index in [9.17, 15) is 4.79 Å². The van der Waals surface area contributed by atoms with Crippen LogP contribution in [0, 0.1) is 5.92 Å². The molecule has 94 valence electrons. The number of halogens is 1. The van der Waals surface area contributed by atoms with Crippen molar-refractivity contribution >= 4 is 24.0 Å². The molecular weight excluding hydrogens is 236 g/mol. The number of carbonyl (C=O) groups excluding carboxylic acids is 1. The van der Waals surface area contributed by atoms with Gasteiger partial charge in [0.15, 0.2) is 0 Å². The molecule has 4 heteroatoms. The molecule has 1 aliphatic heterocycles. The number of nitrogens with zero attached hydrogens (tertiary/aromatic N) is 1. The van der Waals surface area contributed by atoms with Gasteiger partial charge in [-0.25, -0.2) is 0 Å². The predicted octanol–water partition coefficient (Wildman–Crippen LogP) is 1.98. The highest BCUT2D eigenvalue weighted by Gasteiger charge is 2.27. The number of para-hydroxylation sites is 1. The lowest BCUT2D eigenvalue weighted by Crippen LogP contribution is -2.46. The molecule has 2 N–H and O–H groups in total. The lowest BCUT2D eigenvalue weighted by atomic mass is 9.93. The van der Waals surface area contributed by atoms with Crippen LogP contribution in [0.25, 0.3) is 0 Å². The number of rotatable bonds is 1. The van der Waals surface area contributed by atoms with Crippen molar-refractivity contribution in [3.8, 4) is 0 Å². The minimum atomic E-state index is -0.432. The van der Waals surface area contributed by atoms with Gasteiger partial charge >= 0.3 is 0 Å². The number of amides is 1. The molecule has 1 aromatic carbocycles. The van der Waals surface area contributed by atoms with Crippen molar-refractivity contribution in [3.05, 3.63) is 29.8 Å². The first-order valence-electron chi connectivity index (χ1n) is 5.74. The van der Waals surface area contributed by atoms with Crippen molar-refractivity contribution in [2.75, 3.05) is 11.4 Å². The summed E-state index contributed by atoms with van der Waals surface area (Å²) < 4.78 is 0. The van der Waals surface area contributed by atoms with Crippen LogP contribution in [0.4, 0.5) is 5.69 Å². The second-order valence-electron chi connectivity index (χ2n) is 4.68. The summed E-state index contributed by atoms with van der Waals surface area (Å²) in [6.45, 7) is 4.68. The number of carbonyl (C=O) groups is 1. The highest BCUT2D eigenvalue weighted by molar-refractivity contribution is 5.97. The van der Waals surface area contributed by atoms with Crippen LogP contribution in [0.1, 0.15) is 19.4 Å². The maximum atomic E-state index is 12.0. The SMILES string of the molecule is CC1Cc2ccccc2N(C(=O)[C@@H](C)N)C1.Cl. The first kappa shape index (κ1) is 14.0. The van der Waals surface area contributed by atoms with Crippen LogP contribution in [-0.4, -0.2) is 18.5 Å². The molecule has 0 aromatic heterocycles. The molecule has 2 atom stereocenters. The molecule has 0 fully saturated rings. The molecule has 1 amide bonds. The molecule has 3 nitrogen and oxygen atoms in total. The standard InChI is InChI=1S/C13H18N2O.ClH/c1-9-7-11-5-3-4-6-12(11)15(8-9)13(16)10(2)14;/h3-6,9-10H,7-8,14H2,1-2H3;1H/t9?,10-;/m1./s1. The average Bonchev–Trinajstić information content (AvgIpc) is 2.26. The Morgan fingerprint density at radius 1 is 1.47 bits per heavy atom. The van der Waals surface area contributed by atoms with Crippen molar-refractivity contribution in [2.24, 2.45) is 11.7 Å². The van der Waals surface area contributed by atoms with Gasteiger partial charge in [0.25, 0.3) is 0 Å². The van der Waals surface area contributed by atoms with Crippen LogP contribution in [0.3, 0.4) is 0 Å². The molecule has 0 aliphatic carbocycles. The molecule has 0 saturated heterocycles. The van der Waals surface area contributed by atoms with Crippen molar-refractivity contribution < 1.29 is 4.79 Å². The Morgan fingerprint density at radius 3 is 2.76 bits per heavy atom. The zero-order valence-corrected chi connectivity index (χ0v) is 11.0. The monoisotopic (exact) mass is 254 g/mol. The quantitative estimate of drug-likeness (QED) is 0.833. The summed E-state index contributed by atoms with van der Waals surface area (Å²) >= 11 is 0. The largest absolute Gasteiger partial charge is 0.320 e. The van der Waals surface area contributed by atoms with Crippen LogP contribution in [0.2, 0.25) is 0 Å². The topological polar surface area (TPSA) is 46.3 Å². The Kier molecular flexibility index (Phi) is 4.54. The highest BCUT2D eigenvalue weighted by Crippen LogP contribution is 2.29.